The number of nitrogens with one attached hydrogen (secondary N) is 3. The molecule has 1 atom stereocenters. The number of hydrogen-bond acceptors (Lipinski definition) is 6. The number of aromatic nitrogens is 2. The van der Waals surface area contributed by atoms with Crippen molar-refractivity contribution in [2.24, 2.45) is 0 Å². The number of carbonyl (C=O) groups is 1. The van der Waals surface area contributed by atoms with E-state index in [1.165, 1.54) is 17.6 Å². The molecule has 0 saturated carbocycles. The highest BCUT2D eigenvalue weighted by Crippen LogP contribution is 2.28. The number of amides is 1. The van der Waals surface area contributed by atoms with Gasteiger partial charge in [0.25, 0.3) is 5.91 Å². The van der Waals surface area contributed by atoms with E-state index in [-0.39, 0.29) is 30.4 Å². The van der Waals surface area contributed by atoms with E-state index in [1.54, 1.807) is 12.4 Å². The second-order valence-electron chi connectivity index (χ2n) is 6.59. The van der Waals surface area contributed by atoms with Crippen LogP contribution in [0.25, 0.3) is 6.08 Å². The van der Waals surface area contributed by atoms with Gasteiger partial charge in [0, 0.05) is 17.6 Å². The largest absolute Gasteiger partial charge is 0.362 e. The molecule has 2 aromatic rings. The summed E-state index contributed by atoms with van der Waals surface area (Å²) in [7, 11) is 0. The molecule has 29 heavy (non-hydrogen) atoms. The fourth-order valence-corrected chi connectivity index (χ4v) is 3.44. The van der Waals surface area contributed by atoms with E-state index in [0.717, 1.165) is 42.9 Å². The Kier molecular flexibility index (Phi) is 10.4. The first kappa shape index (κ1) is 25.1. The number of piperidine rings is 1. The Balaban J connectivity index is 0.00000210. The number of hydrogen-bond donors (Lipinski definition) is 4. The highest BCUT2D eigenvalue weighted by molar-refractivity contribution is 6.31. The molecule has 2 heterocycles. The Morgan fingerprint density at radius 3 is 2.69 bits per heavy atom. The van der Waals surface area contributed by atoms with E-state index in [0.29, 0.717) is 11.5 Å². The van der Waals surface area contributed by atoms with Crippen molar-refractivity contribution in [3.63, 3.8) is 0 Å². The van der Waals surface area contributed by atoms with Crippen LogP contribution in [0.3, 0.4) is 0 Å². The summed E-state index contributed by atoms with van der Waals surface area (Å²) in [6.07, 6.45) is 8.69. The second-order valence-corrected chi connectivity index (χ2v) is 7.00. The predicted molar refractivity (Wildman–Crippen MR) is 119 cm³/mol. The highest BCUT2D eigenvalue weighted by Gasteiger charge is 2.33. The molecular formula is C19H24Cl3N5O2. The van der Waals surface area contributed by atoms with Gasteiger partial charge in [-0.15, -0.1) is 24.8 Å². The number of nitrogens with zero attached hydrogens (tertiary/aromatic N) is 2. The molecule has 4 N–H and O–H groups in total. The molecule has 0 radical (unpaired) electrons. The first-order valence-corrected chi connectivity index (χ1v) is 9.14. The maximum absolute atomic E-state index is 11.0. The summed E-state index contributed by atoms with van der Waals surface area (Å²) < 4.78 is 0. The summed E-state index contributed by atoms with van der Waals surface area (Å²) in [5.74, 6) is 0.0421. The Morgan fingerprint density at radius 2 is 2.07 bits per heavy atom. The smallest absolute Gasteiger partial charge is 0.267 e. The van der Waals surface area contributed by atoms with Crippen molar-refractivity contribution in [2.75, 3.05) is 18.4 Å². The molecule has 0 aliphatic carbocycles. The number of carbonyl (C=O) groups excluding carboxylic acids is 1. The number of benzene rings is 1. The molecule has 1 aliphatic heterocycles. The van der Waals surface area contributed by atoms with E-state index in [2.05, 4.69) is 20.6 Å². The van der Waals surface area contributed by atoms with Crippen LogP contribution in [0.2, 0.25) is 5.02 Å². The molecular weight excluding hydrogens is 437 g/mol. The topological polar surface area (TPSA) is 99.2 Å². The van der Waals surface area contributed by atoms with Crippen molar-refractivity contribution in [2.45, 2.75) is 24.8 Å². The minimum absolute atomic E-state index is 0. The lowest BCUT2D eigenvalue weighted by molar-refractivity contribution is -0.124. The Hall–Kier alpha value is -1.90. The standard InChI is InChI=1S/C19H22ClN5O2.2ClH/c20-16-5-2-1-4-14(16)10-19(8-3-9-21-13-19)24-17-12-22-15(11-23-17)6-7-18(26)25-27;;/h1-2,4-7,11-12,21,27H,3,8-10,13H2,(H,23,24)(H,25,26);2*1H/b7-6+;;/t19-;;/m1../s1. The third-order valence-corrected chi connectivity index (χ3v) is 4.91. The van der Waals surface area contributed by atoms with Gasteiger partial charge in [0.1, 0.15) is 5.82 Å². The third kappa shape index (κ3) is 7.13. The quantitative estimate of drug-likeness (QED) is 0.300. The average Bonchev–Trinajstić information content (AvgIpc) is 2.69. The lowest BCUT2D eigenvalue weighted by Crippen LogP contribution is -2.53. The molecule has 7 nitrogen and oxygen atoms in total. The Bertz CT molecular complexity index is 812. The molecule has 1 aromatic carbocycles. The maximum Gasteiger partial charge on any atom is 0.267 e. The molecule has 1 amide bonds. The van der Waals surface area contributed by atoms with Crippen molar-refractivity contribution in [3.8, 4) is 0 Å². The van der Waals surface area contributed by atoms with Gasteiger partial charge < -0.3 is 10.6 Å². The van der Waals surface area contributed by atoms with Crippen molar-refractivity contribution >= 4 is 54.2 Å². The van der Waals surface area contributed by atoms with Gasteiger partial charge in [-0.1, -0.05) is 29.8 Å². The fraction of sp³-hybridized carbons (Fsp3) is 0.316. The number of rotatable bonds is 6. The molecule has 1 aliphatic rings. The van der Waals surface area contributed by atoms with Crippen LogP contribution in [0.1, 0.15) is 24.1 Å². The van der Waals surface area contributed by atoms with Gasteiger partial charge in [0.15, 0.2) is 0 Å². The molecule has 1 saturated heterocycles. The first-order chi connectivity index (χ1) is 13.1. The highest BCUT2D eigenvalue weighted by atomic mass is 35.5. The van der Waals surface area contributed by atoms with Crippen LogP contribution in [0.15, 0.2) is 42.7 Å². The maximum atomic E-state index is 11.0. The number of anilines is 1. The van der Waals surface area contributed by atoms with Crippen LogP contribution in [0, 0.1) is 0 Å². The summed E-state index contributed by atoms with van der Waals surface area (Å²) >= 11 is 6.37. The van der Waals surface area contributed by atoms with Gasteiger partial charge >= 0.3 is 0 Å². The van der Waals surface area contributed by atoms with Gasteiger partial charge in [0.05, 0.1) is 23.6 Å². The summed E-state index contributed by atoms with van der Waals surface area (Å²) in [5.41, 5.74) is 2.94. The second kappa shape index (κ2) is 11.9. The Morgan fingerprint density at radius 1 is 1.28 bits per heavy atom. The zero-order valence-electron chi connectivity index (χ0n) is 15.6. The number of hydroxylamine groups is 1. The summed E-state index contributed by atoms with van der Waals surface area (Å²) in [4.78, 5) is 19.7. The van der Waals surface area contributed by atoms with Crippen molar-refractivity contribution < 1.29 is 10.0 Å². The lowest BCUT2D eigenvalue weighted by Gasteiger charge is -2.39. The van der Waals surface area contributed by atoms with Crippen molar-refractivity contribution in [3.05, 3.63) is 59.0 Å². The summed E-state index contributed by atoms with van der Waals surface area (Å²) in [6.45, 7) is 1.80. The van der Waals surface area contributed by atoms with Crippen LogP contribution < -0.4 is 16.1 Å². The Labute approximate surface area is 187 Å². The molecule has 158 valence electrons. The summed E-state index contributed by atoms with van der Waals surface area (Å²) in [6, 6.07) is 7.88. The van der Waals surface area contributed by atoms with Gasteiger partial charge in [-0.2, -0.15) is 0 Å². The monoisotopic (exact) mass is 459 g/mol. The first-order valence-electron chi connectivity index (χ1n) is 8.77. The number of halogens is 3. The lowest BCUT2D eigenvalue weighted by atomic mass is 9.84. The zero-order valence-corrected chi connectivity index (χ0v) is 18.0. The van der Waals surface area contributed by atoms with E-state index in [9.17, 15) is 4.79 Å². The van der Waals surface area contributed by atoms with Gasteiger partial charge in [-0.05, 0) is 43.5 Å². The summed E-state index contributed by atoms with van der Waals surface area (Å²) in [5, 5.41) is 16.2. The molecule has 0 spiro atoms. The van der Waals surface area contributed by atoms with Gasteiger partial charge in [-0.3, -0.25) is 15.0 Å². The molecule has 0 bridgehead atoms. The third-order valence-electron chi connectivity index (χ3n) is 4.54. The van der Waals surface area contributed by atoms with Crippen LogP contribution in [-0.4, -0.2) is 39.7 Å². The molecule has 10 heteroatoms. The zero-order chi connectivity index (χ0) is 19.1. The minimum Gasteiger partial charge on any atom is -0.362 e. The van der Waals surface area contributed by atoms with Gasteiger partial charge in [0.2, 0.25) is 0 Å². The van der Waals surface area contributed by atoms with Crippen molar-refractivity contribution in [1.29, 1.82) is 0 Å². The molecule has 0 unspecified atom stereocenters. The van der Waals surface area contributed by atoms with Crippen LogP contribution in [-0.2, 0) is 11.2 Å². The van der Waals surface area contributed by atoms with E-state index in [4.69, 9.17) is 16.8 Å². The molecule has 1 fully saturated rings. The molecule has 1 aromatic heterocycles. The molecule has 3 rings (SSSR count). The van der Waals surface area contributed by atoms with E-state index >= 15 is 0 Å². The normalized spacial score (nSPS) is 18.4. The SMILES string of the molecule is Cl.Cl.O=C(/C=C/c1cnc(N[C@@]2(Cc3ccccc3Cl)CCCNC2)cn1)NO. The van der Waals surface area contributed by atoms with Gasteiger partial charge in [-0.25, -0.2) is 10.5 Å². The predicted octanol–water partition coefficient (Wildman–Crippen LogP) is 3.27. The van der Waals surface area contributed by atoms with Crippen LogP contribution in [0.5, 0.6) is 0 Å². The van der Waals surface area contributed by atoms with E-state index in [1.807, 2.05) is 24.3 Å². The minimum atomic E-state index is -0.619. The van der Waals surface area contributed by atoms with E-state index < -0.39 is 5.91 Å². The van der Waals surface area contributed by atoms with Crippen LogP contribution in [0.4, 0.5) is 5.82 Å². The average molecular weight is 461 g/mol. The van der Waals surface area contributed by atoms with Crippen molar-refractivity contribution in [1.82, 2.24) is 20.8 Å². The fourth-order valence-electron chi connectivity index (χ4n) is 3.23. The van der Waals surface area contributed by atoms with Crippen LogP contribution >= 0.6 is 36.4 Å².